The van der Waals surface area contributed by atoms with Crippen LogP contribution in [0, 0.1) is 13.8 Å². The molecule has 1 aromatic rings. The lowest BCUT2D eigenvalue weighted by Gasteiger charge is -2.08. The number of hydrogen-bond acceptors (Lipinski definition) is 1. The van der Waals surface area contributed by atoms with E-state index in [0.29, 0.717) is 0 Å². The second-order valence-corrected chi connectivity index (χ2v) is 3.38. The monoisotopic (exact) mass is 187 g/mol. The second-order valence-electron chi connectivity index (χ2n) is 3.38. The third kappa shape index (κ3) is 2.11. The van der Waals surface area contributed by atoms with Crippen LogP contribution in [0.2, 0.25) is 0 Å². The van der Waals surface area contributed by atoms with E-state index in [2.05, 4.69) is 43.1 Å². The van der Waals surface area contributed by atoms with Gasteiger partial charge in [-0.15, -0.1) is 0 Å². The molecular weight excluding hydrogens is 170 g/mol. The number of nitrogens with zero attached hydrogens (tertiary/aromatic N) is 1. The molecule has 0 fully saturated rings. The maximum atomic E-state index is 4.30. The maximum Gasteiger partial charge on any atom is 0.0645 e. The molecule has 1 aromatic carbocycles. The maximum absolute atomic E-state index is 4.30. The average Bonchev–Trinajstić information content (AvgIpc) is 2.16. The SMILES string of the molecule is C/C=C\C(=NC)c1c(C)cccc1C. The Morgan fingerprint density at radius 3 is 2.21 bits per heavy atom. The molecule has 0 saturated carbocycles. The summed E-state index contributed by atoms with van der Waals surface area (Å²) in [4.78, 5) is 4.30. The molecule has 74 valence electrons. The van der Waals surface area contributed by atoms with Gasteiger partial charge in [0.1, 0.15) is 0 Å². The summed E-state index contributed by atoms with van der Waals surface area (Å²) in [5.74, 6) is 0. The van der Waals surface area contributed by atoms with Crippen molar-refractivity contribution in [1.29, 1.82) is 0 Å². The Morgan fingerprint density at radius 2 is 1.79 bits per heavy atom. The quantitative estimate of drug-likeness (QED) is 0.630. The summed E-state index contributed by atoms with van der Waals surface area (Å²) in [6.07, 6.45) is 4.07. The van der Waals surface area contributed by atoms with Crippen molar-refractivity contribution >= 4 is 5.71 Å². The van der Waals surface area contributed by atoms with Crippen LogP contribution < -0.4 is 0 Å². The lowest BCUT2D eigenvalue weighted by Crippen LogP contribution is -2.02. The third-order valence-corrected chi connectivity index (χ3v) is 2.30. The van der Waals surface area contributed by atoms with Crippen LogP contribution in [0.25, 0.3) is 0 Å². The Balaban J connectivity index is 3.30. The Morgan fingerprint density at radius 1 is 1.21 bits per heavy atom. The van der Waals surface area contributed by atoms with E-state index in [1.165, 1.54) is 16.7 Å². The fourth-order valence-electron chi connectivity index (χ4n) is 1.65. The van der Waals surface area contributed by atoms with Gasteiger partial charge < -0.3 is 0 Å². The summed E-state index contributed by atoms with van der Waals surface area (Å²) >= 11 is 0. The predicted octanol–water partition coefficient (Wildman–Crippen LogP) is 3.30. The summed E-state index contributed by atoms with van der Waals surface area (Å²) in [7, 11) is 1.83. The van der Waals surface area contributed by atoms with E-state index in [1.54, 1.807) is 0 Å². The normalized spacial score (nSPS) is 12.4. The minimum atomic E-state index is 1.06. The number of benzene rings is 1. The van der Waals surface area contributed by atoms with Gasteiger partial charge in [0.25, 0.3) is 0 Å². The van der Waals surface area contributed by atoms with E-state index in [1.807, 2.05) is 20.0 Å². The van der Waals surface area contributed by atoms with Crippen LogP contribution in [0.3, 0.4) is 0 Å². The van der Waals surface area contributed by atoms with Gasteiger partial charge in [0.15, 0.2) is 0 Å². The van der Waals surface area contributed by atoms with Crippen LogP contribution in [0.1, 0.15) is 23.6 Å². The van der Waals surface area contributed by atoms with Gasteiger partial charge in [-0.1, -0.05) is 24.3 Å². The summed E-state index contributed by atoms with van der Waals surface area (Å²) in [5.41, 5.74) is 4.88. The smallest absolute Gasteiger partial charge is 0.0645 e. The van der Waals surface area contributed by atoms with Crippen LogP contribution in [-0.2, 0) is 0 Å². The van der Waals surface area contributed by atoms with Gasteiger partial charge in [-0.25, -0.2) is 0 Å². The van der Waals surface area contributed by atoms with Crippen molar-refractivity contribution in [3.05, 3.63) is 47.0 Å². The average molecular weight is 187 g/mol. The van der Waals surface area contributed by atoms with Crippen molar-refractivity contribution < 1.29 is 0 Å². The van der Waals surface area contributed by atoms with E-state index < -0.39 is 0 Å². The predicted molar refractivity (Wildman–Crippen MR) is 63.2 cm³/mol. The van der Waals surface area contributed by atoms with Crippen molar-refractivity contribution in [2.24, 2.45) is 4.99 Å². The van der Waals surface area contributed by atoms with Crippen LogP contribution in [0.5, 0.6) is 0 Å². The first-order chi connectivity index (χ1) is 6.70. The second kappa shape index (κ2) is 4.75. The van der Waals surface area contributed by atoms with E-state index in [9.17, 15) is 0 Å². The molecule has 0 aliphatic carbocycles. The van der Waals surface area contributed by atoms with Crippen LogP contribution in [0.4, 0.5) is 0 Å². The van der Waals surface area contributed by atoms with Gasteiger partial charge in [-0.05, 0) is 38.0 Å². The van der Waals surface area contributed by atoms with Gasteiger partial charge in [0.05, 0.1) is 5.71 Å². The lowest BCUT2D eigenvalue weighted by molar-refractivity contribution is 1.33. The van der Waals surface area contributed by atoms with Crippen molar-refractivity contribution in [3.8, 4) is 0 Å². The minimum Gasteiger partial charge on any atom is -0.288 e. The highest BCUT2D eigenvalue weighted by Crippen LogP contribution is 2.15. The number of rotatable bonds is 2. The summed E-state index contributed by atoms with van der Waals surface area (Å²) in [6, 6.07) is 6.32. The van der Waals surface area contributed by atoms with Crippen LogP contribution in [-0.4, -0.2) is 12.8 Å². The molecule has 0 bridgehead atoms. The highest BCUT2D eigenvalue weighted by molar-refractivity contribution is 6.10. The molecule has 0 aliphatic rings. The van der Waals surface area contributed by atoms with Crippen molar-refractivity contribution in [3.63, 3.8) is 0 Å². The van der Waals surface area contributed by atoms with Gasteiger partial charge in [-0.2, -0.15) is 0 Å². The van der Waals surface area contributed by atoms with Crippen LogP contribution in [0.15, 0.2) is 35.3 Å². The first-order valence-electron chi connectivity index (χ1n) is 4.86. The van der Waals surface area contributed by atoms with E-state index in [0.717, 1.165) is 5.71 Å². The molecule has 0 spiro atoms. The summed E-state index contributed by atoms with van der Waals surface area (Å²) in [5, 5.41) is 0. The minimum absolute atomic E-state index is 1.06. The standard InChI is InChI=1S/C13H17N/c1-5-7-12(14-4)13-10(2)8-6-9-11(13)3/h5-9H,1-4H3/b7-5-,14-12?. The van der Waals surface area contributed by atoms with Gasteiger partial charge >= 0.3 is 0 Å². The Hall–Kier alpha value is -1.37. The molecule has 14 heavy (non-hydrogen) atoms. The van der Waals surface area contributed by atoms with E-state index in [4.69, 9.17) is 0 Å². The molecule has 0 saturated heterocycles. The first kappa shape index (κ1) is 10.7. The molecule has 1 rings (SSSR count). The van der Waals surface area contributed by atoms with Crippen molar-refractivity contribution in [2.45, 2.75) is 20.8 Å². The summed E-state index contributed by atoms with van der Waals surface area (Å²) in [6.45, 7) is 6.26. The number of allylic oxidation sites excluding steroid dienone is 2. The Labute approximate surface area is 86.2 Å². The largest absolute Gasteiger partial charge is 0.288 e. The van der Waals surface area contributed by atoms with Gasteiger partial charge in [-0.3, -0.25) is 4.99 Å². The van der Waals surface area contributed by atoms with Crippen molar-refractivity contribution in [2.75, 3.05) is 7.05 Å². The summed E-state index contributed by atoms with van der Waals surface area (Å²) < 4.78 is 0. The Bertz CT molecular complexity index is 353. The lowest BCUT2D eigenvalue weighted by atomic mass is 9.98. The van der Waals surface area contributed by atoms with Gasteiger partial charge in [0, 0.05) is 12.6 Å². The molecule has 0 atom stereocenters. The van der Waals surface area contributed by atoms with E-state index >= 15 is 0 Å². The van der Waals surface area contributed by atoms with Crippen LogP contribution >= 0.6 is 0 Å². The molecule has 0 aliphatic heterocycles. The molecule has 1 heteroatoms. The molecular formula is C13H17N. The van der Waals surface area contributed by atoms with Crippen molar-refractivity contribution in [1.82, 2.24) is 0 Å². The fraction of sp³-hybridized carbons (Fsp3) is 0.308. The highest BCUT2D eigenvalue weighted by atomic mass is 14.7. The number of aryl methyl sites for hydroxylation is 2. The molecule has 0 N–H and O–H groups in total. The number of hydrogen-bond donors (Lipinski definition) is 0. The first-order valence-corrected chi connectivity index (χ1v) is 4.86. The molecule has 0 unspecified atom stereocenters. The topological polar surface area (TPSA) is 12.4 Å². The fourth-order valence-corrected chi connectivity index (χ4v) is 1.65. The number of aliphatic imine (C=N–C) groups is 1. The third-order valence-electron chi connectivity index (χ3n) is 2.30. The van der Waals surface area contributed by atoms with Gasteiger partial charge in [0.2, 0.25) is 0 Å². The zero-order valence-corrected chi connectivity index (χ0v) is 9.33. The molecule has 0 amide bonds. The molecule has 1 nitrogen and oxygen atoms in total. The zero-order valence-electron chi connectivity index (χ0n) is 9.33. The highest BCUT2D eigenvalue weighted by Gasteiger charge is 2.05. The zero-order chi connectivity index (χ0) is 10.6. The Kier molecular flexibility index (Phi) is 3.63. The molecule has 0 radical (unpaired) electrons. The molecule has 0 aromatic heterocycles. The molecule has 0 heterocycles. The van der Waals surface area contributed by atoms with E-state index in [-0.39, 0.29) is 0 Å².